The number of nitrogens with zero attached hydrogens (tertiary/aromatic N) is 3. The van der Waals surface area contributed by atoms with Crippen molar-refractivity contribution in [3.8, 4) is 11.8 Å². The van der Waals surface area contributed by atoms with Crippen LogP contribution in [0.4, 0.5) is 0 Å². The molecule has 2 aromatic rings. The summed E-state index contributed by atoms with van der Waals surface area (Å²) < 4.78 is 11.3. The van der Waals surface area contributed by atoms with Crippen molar-refractivity contribution >= 4 is 0 Å². The van der Waals surface area contributed by atoms with E-state index >= 15 is 0 Å². The highest BCUT2D eigenvalue weighted by Gasteiger charge is 2.11. The van der Waals surface area contributed by atoms with Crippen molar-refractivity contribution in [2.45, 2.75) is 33.0 Å². The van der Waals surface area contributed by atoms with Crippen LogP contribution >= 0.6 is 0 Å². The highest BCUT2D eigenvalue weighted by Crippen LogP contribution is 2.20. The fourth-order valence-electron chi connectivity index (χ4n) is 1.55. The molecule has 5 heteroatoms. The second-order valence-corrected chi connectivity index (χ2v) is 4.37. The summed E-state index contributed by atoms with van der Waals surface area (Å²) in [5.74, 6) is 1.13. The first-order chi connectivity index (χ1) is 9.15. The Morgan fingerprint density at radius 2 is 1.84 bits per heavy atom. The van der Waals surface area contributed by atoms with E-state index in [4.69, 9.17) is 9.47 Å². The summed E-state index contributed by atoms with van der Waals surface area (Å²) >= 11 is 0. The van der Waals surface area contributed by atoms with Crippen LogP contribution < -0.4 is 9.47 Å². The van der Waals surface area contributed by atoms with E-state index < -0.39 is 0 Å². The van der Waals surface area contributed by atoms with E-state index in [2.05, 4.69) is 15.0 Å². The maximum atomic E-state index is 5.69. The third-order valence-corrected chi connectivity index (χ3v) is 2.37. The molecule has 2 heterocycles. The largest absolute Gasteiger partial charge is 0.475 e. The van der Waals surface area contributed by atoms with Gasteiger partial charge in [-0.2, -0.15) is 0 Å². The van der Waals surface area contributed by atoms with E-state index in [0.29, 0.717) is 11.8 Å². The molecule has 0 fully saturated rings. The molecule has 1 unspecified atom stereocenters. The predicted molar refractivity (Wildman–Crippen MR) is 71.1 cm³/mol. The molecule has 1 atom stereocenters. The summed E-state index contributed by atoms with van der Waals surface area (Å²) in [5.41, 5.74) is 0.803. The van der Waals surface area contributed by atoms with Crippen LogP contribution in [0.1, 0.15) is 32.6 Å². The van der Waals surface area contributed by atoms with Crippen molar-refractivity contribution in [1.82, 2.24) is 15.0 Å². The first kappa shape index (κ1) is 13.3. The molecular formula is C14H17N3O2. The quantitative estimate of drug-likeness (QED) is 0.826. The number of aromatic nitrogens is 3. The van der Waals surface area contributed by atoms with Gasteiger partial charge in [0.1, 0.15) is 12.4 Å². The molecule has 19 heavy (non-hydrogen) atoms. The van der Waals surface area contributed by atoms with E-state index in [0.717, 1.165) is 5.69 Å². The van der Waals surface area contributed by atoms with Gasteiger partial charge in [0.05, 0.1) is 11.8 Å². The maximum absolute atomic E-state index is 5.69. The Bertz CT molecular complexity index is 517. The van der Waals surface area contributed by atoms with Crippen LogP contribution in [-0.4, -0.2) is 21.1 Å². The van der Waals surface area contributed by atoms with Gasteiger partial charge in [0.25, 0.3) is 0 Å². The van der Waals surface area contributed by atoms with E-state index in [1.807, 2.05) is 39.0 Å². The summed E-state index contributed by atoms with van der Waals surface area (Å²) in [6.45, 7) is 5.86. The zero-order valence-corrected chi connectivity index (χ0v) is 11.3. The molecule has 0 saturated carbocycles. The van der Waals surface area contributed by atoms with E-state index in [1.165, 1.54) is 6.33 Å². The van der Waals surface area contributed by atoms with E-state index in [9.17, 15) is 0 Å². The van der Waals surface area contributed by atoms with Gasteiger partial charge in [-0.15, -0.1) is 0 Å². The Balaban J connectivity index is 2.08. The summed E-state index contributed by atoms with van der Waals surface area (Å²) in [5, 5.41) is 0. The Kier molecular flexibility index (Phi) is 4.28. The van der Waals surface area contributed by atoms with Gasteiger partial charge in [0.2, 0.25) is 11.8 Å². The van der Waals surface area contributed by atoms with Gasteiger partial charge in [-0.25, -0.2) is 15.0 Å². The smallest absolute Gasteiger partial charge is 0.216 e. The molecule has 0 saturated heterocycles. The Morgan fingerprint density at radius 1 is 1.00 bits per heavy atom. The van der Waals surface area contributed by atoms with Crippen LogP contribution in [0.25, 0.3) is 0 Å². The Morgan fingerprint density at radius 3 is 2.53 bits per heavy atom. The molecule has 0 aromatic carbocycles. The second-order valence-electron chi connectivity index (χ2n) is 4.37. The van der Waals surface area contributed by atoms with Crippen LogP contribution in [0.3, 0.4) is 0 Å². The first-order valence-electron chi connectivity index (χ1n) is 6.21. The SMILES string of the molecule is CC(C)Oc1cccc(C(C)Oc2ccncn2)n1. The molecule has 0 spiro atoms. The number of rotatable bonds is 5. The maximum Gasteiger partial charge on any atom is 0.216 e. The summed E-state index contributed by atoms with van der Waals surface area (Å²) in [4.78, 5) is 12.3. The van der Waals surface area contributed by atoms with Crippen molar-refractivity contribution in [3.63, 3.8) is 0 Å². The lowest BCUT2D eigenvalue weighted by molar-refractivity contribution is 0.203. The minimum absolute atomic E-state index is 0.0980. The van der Waals surface area contributed by atoms with E-state index in [-0.39, 0.29) is 12.2 Å². The van der Waals surface area contributed by atoms with Crippen molar-refractivity contribution in [2.75, 3.05) is 0 Å². The van der Waals surface area contributed by atoms with Crippen LogP contribution in [0.2, 0.25) is 0 Å². The molecule has 0 N–H and O–H groups in total. The van der Waals surface area contributed by atoms with Gasteiger partial charge < -0.3 is 9.47 Å². The van der Waals surface area contributed by atoms with Gasteiger partial charge in [-0.05, 0) is 26.8 Å². The van der Waals surface area contributed by atoms with Crippen molar-refractivity contribution in [1.29, 1.82) is 0 Å². The lowest BCUT2D eigenvalue weighted by Crippen LogP contribution is -2.10. The Labute approximate surface area is 112 Å². The van der Waals surface area contributed by atoms with Crippen molar-refractivity contribution in [2.24, 2.45) is 0 Å². The minimum Gasteiger partial charge on any atom is -0.475 e. The molecule has 0 aliphatic carbocycles. The molecule has 5 nitrogen and oxygen atoms in total. The molecule has 2 aromatic heterocycles. The van der Waals surface area contributed by atoms with Gasteiger partial charge in [-0.3, -0.25) is 0 Å². The van der Waals surface area contributed by atoms with Gasteiger partial charge >= 0.3 is 0 Å². The van der Waals surface area contributed by atoms with Crippen LogP contribution in [0.15, 0.2) is 36.8 Å². The minimum atomic E-state index is -0.203. The van der Waals surface area contributed by atoms with Crippen LogP contribution in [0, 0.1) is 0 Å². The molecule has 0 amide bonds. The summed E-state index contributed by atoms with van der Waals surface area (Å²) in [7, 11) is 0. The number of hydrogen-bond donors (Lipinski definition) is 0. The van der Waals surface area contributed by atoms with Crippen LogP contribution in [0.5, 0.6) is 11.8 Å². The highest BCUT2D eigenvalue weighted by atomic mass is 16.5. The lowest BCUT2D eigenvalue weighted by Gasteiger charge is -2.15. The normalized spacial score (nSPS) is 12.2. The fourth-order valence-corrected chi connectivity index (χ4v) is 1.55. The highest BCUT2D eigenvalue weighted by molar-refractivity contribution is 5.18. The number of pyridine rings is 1. The van der Waals surface area contributed by atoms with Crippen molar-refractivity contribution in [3.05, 3.63) is 42.5 Å². The summed E-state index contributed by atoms with van der Waals surface area (Å²) in [6, 6.07) is 7.35. The monoisotopic (exact) mass is 259 g/mol. The molecule has 0 aliphatic rings. The third-order valence-electron chi connectivity index (χ3n) is 2.37. The molecule has 0 bridgehead atoms. The fraction of sp³-hybridized carbons (Fsp3) is 0.357. The average Bonchev–Trinajstić information content (AvgIpc) is 2.39. The first-order valence-corrected chi connectivity index (χ1v) is 6.21. The second kappa shape index (κ2) is 6.13. The van der Waals surface area contributed by atoms with Gasteiger partial charge in [-0.1, -0.05) is 6.07 Å². The molecular weight excluding hydrogens is 242 g/mol. The molecule has 2 rings (SSSR count). The molecule has 0 aliphatic heterocycles. The van der Waals surface area contributed by atoms with Gasteiger partial charge in [0.15, 0.2) is 0 Å². The van der Waals surface area contributed by atoms with E-state index in [1.54, 1.807) is 12.3 Å². The number of hydrogen-bond acceptors (Lipinski definition) is 5. The molecule has 0 radical (unpaired) electrons. The zero-order chi connectivity index (χ0) is 13.7. The number of ether oxygens (including phenoxy) is 2. The van der Waals surface area contributed by atoms with Crippen LogP contribution in [-0.2, 0) is 0 Å². The topological polar surface area (TPSA) is 57.1 Å². The van der Waals surface area contributed by atoms with Crippen molar-refractivity contribution < 1.29 is 9.47 Å². The predicted octanol–water partition coefficient (Wildman–Crippen LogP) is 2.80. The lowest BCUT2D eigenvalue weighted by atomic mass is 10.2. The zero-order valence-electron chi connectivity index (χ0n) is 11.3. The standard InChI is InChI=1S/C14H17N3O2/c1-10(2)18-14-6-4-5-12(17-14)11(3)19-13-7-8-15-9-16-13/h4-11H,1-3H3. The Hall–Kier alpha value is -2.17. The van der Waals surface area contributed by atoms with Gasteiger partial charge in [0, 0.05) is 18.3 Å². The summed E-state index contributed by atoms with van der Waals surface area (Å²) in [6.07, 6.45) is 2.99. The molecule has 100 valence electrons. The third kappa shape index (κ3) is 3.91. The average molecular weight is 259 g/mol.